The molecule has 4 rings (SSSR count). The predicted molar refractivity (Wildman–Crippen MR) is 113 cm³/mol. The van der Waals surface area contributed by atoms with E-state index in [1.54, 1.807) is 42.9 Å². The van der Waals surface area contributed by atoms with Crippen LogP contribution in [0.4, 0.5) is 17.4 Å². The van der Waals surface area contributed by atoms with Gasteiger partial charge in [-0.25, -0.2) is 4.98 Å². The molecule has 0 atom stereocenters. The summed E-state index contributed by atoms with van der Waals surface area (Å²) in [5.74, 6) is 0.369. The highest BCUT2D eigenvalue weighted by molar-refractivity contribution is 6.04. The Hall–Kier alpha value is -4.44. The van der Waals surface area contributed by atoms with Crippen molar-refractivity contribution >= 4 is 23.3 Å². The summed E-state index contributed by atoms with van der Waals surface area (Å²) >= 11 is 0. The third-order valence-corrected chi connectivity index (χ3v) is 4.48. The van der Waals surface area contributed by atoms with Crippen LogP contribution in [-0.4, -0.2) is 15.9 Å². The first-order chi connectivity index (χ1) is 14.6. The van der Waals surface area contributed by atoms with Crippen molar-refractivity contribution in [2.45, 2.75) is 6.92 Å². The lowest BCUT2D eigenvalue weighted by atomic mass is 10.1. The number of oxazole rings is 1. The SMILES string of the molecule is Cc1ccc(NC(=O)c2ccc(C#N)cc2)cc1Nc1ncc(-c2ccncc2)o1. The number of rotatable bonds is 5. The molecule has 0 saturated carbocycles. The molecule has 0 unspecified atom stereocenters. The molecule has 0 saturated heterocycles. The maximum Gasteiger partial charge on any atom is 0.299 e. The van der Waals surface area contributed by atoms with Crippen LogP contribution in [-0.2, 0) is 0 Å². The summed E-state index contributed by atoms with van der Waals surface area (Å²) in [5, 5.41) is 14.9. The van der Waals surface area contributed by atoms with Gasteiger partial charge in [-0.05, 0) is 61.0 Å². The van der Waals surface area contributed by atoms with E-state index in [-0.39, 0.29) is 5.91 Å². The summed E-state index contributed by atoms with van der Waals surface area (Å²) < 4.78 is 5.78. The fourth-order valence-corrected chi connectivity index (χ4v) is 2.83. The maximum absolute atomic E-state index is 12.5. The molecule has 146 valence electrons. The van der Waals surface area contributed by atoms with Gasteiger partial charge in [-0.3, -0.25) is 9.78 Å². The van der Waals surface area contributed by atoms with Crippen LogP contribution in [0.2, 0.25) is 0 Å². The molecule has 0 aliphatic heterocycles. The summed E-state index contributed by atoms with van der Waals surface area (Å²) in [5.41, 5.74) is 4.21. The van der Waals surface area contributed by atoms with Crippen LogP contribution in [0.5, 0.6) is 0 Å². The van der Waals surface area contributed by atoms with Crippen LogP contribution in [0, 0.1) is 18.3 Å². The Morgan fingerprint density at radius 1 is 1.07 bits per heavy atom. The highest BCUT2D eigenvalue weighted by Crippen LogP contribution is 2.27. The zero-order valence-corrected chi connectivity index (χ0v) is 16.1. The quantitative estimate of drug-likeness (QED) is 0.497. The van der Waals surface area contributed by atoms with Crippen molar-refractivity contribution in [2.75, 3.05) is 10.6 Å². The average Bonchev–Trinajstić information content (AvgIpc) is 3.25. The van der Waals surface area contributed by atoms with E-state index in [0.29, 0.717) is 28.6 Å². The number of benzene rings is 2. The van der Waals surface area contributed by atoms with E-state index in [0.717, 1.165) is 16.8 Å². The molecule has 0 fully saturated rings. The second-order valence-corrected chi connectivity index (χ2v) is 6.56. The number of nitrogens with one attached hydrogen (secondary N) is 2. The Kier molecular flexibility index (Phi) is 5.22. The highest BCUT2D eigenvalue weighted by atomic mass is 16.4. The Balaban J connectivity index is 1.50. The number of anilines is 3. The molecule has 30 heavy (non-hydrogen) atoms. The average molecular weight is 395 g/mol. The van der Waals surface area contributed by atoms with Gasteiger partial charge in [0.05, 0.1) is 17.8 Å². The minimum absolute atomic E-state index is 0.259. The van der Waals surface area contributed by atoms with E-state index in [4.69, 9.17) is 9.68 Å². The number of nitrogens with zero attached hydrogens (tertiary/aromatic N) is 3. The number of aromatic nitrogens is 2. The maximum atomic E-state index is 12.5. The van der Waals surface area contributed by atoms with Crippen molar-refractivity contribution in [3.05, 3.63) is 89.9 Å². The van der Waals surface area contributed by atoms with E-state index in [1.165, 1.54) is 0 Å². The number of carbonyl (C=O) groups excluding carboxylic acids is 1. The molecule has 2 aromatic carbocycles. The van der Waals surface area contributed by atoms with Gasteiger partial charge in [-0.2, -0.15) is 5.26 Å². The second kappa shape index (κ2) is 8.29. The van der Waals surface area contributed by atoms with E-state index < -0.39 is 0 Å². The fraction of sp³-hybridized carbons (Fsp3) is 0.0435. The van der Waals surface area contributed by atoms with Gasteiger partial charge in [0.2, 0.25) is 0 Å². The summed E-state index contributed by atoms with van der Waals surface area (Å²) in [6, 6.07) is 18.1. The van der Waals surface area contributed by atoms with Crippen LogP contribution < -0.4 is 10.6 Å². The number of hydrogen-bond acceptors (Lipinski definition) is 6. The van der Waals surface area contributed by atoms with E-state index in [1.807, 2.05) is 43.3 Å². The van der Waals surface area contributed by atoms with E-state index in [2.05, 4.69) is 20.6 Å². The van der Waals surface area contributed by atoms with Crippen molar-refractivity contribution in [2.24, 2.45) is 0 Å². The molecule has 0 radical (unpaired) electrons. The van der Waals surface area contributed by atoms with Gasteiger partial charge in [-0.15, -0.1) is 0 Å². The molecule has 2 aromatic heterocycles. The first kappa shape index (κ1) is 18.9. The summed E-state index contributed by atoms with van der Waals surface area (Å²) in [7, 11) is 0. The summed E-state index contributed by atoms with van der Waals surface area (Å²) in [4.78, 5) is 20.7. The number of pyridine rings is 1. The number of aryl methyl sites for hydroxylation is 1. The van der Waals surface area contributed by atoms with Gasteiger partial charge < -0.3 is 15.1 Å². The van der Waals surface area contributed by atoms with Crippen LogP contribution >= 0.6 is 0 Å². The molecular weight excluding hydrogens is 378 g/mol. The van der Waals surface area contributed by atoms with Gasteiger partial charge in [0, 0.05) is 34.9 Å². The fourth-order valence-electron chi connectivity index (χ4n) is 2.83. The Morgan fingerprint density at radius 3 is 2.57 bits per heavy atom. The number of amides is 1. The first-order valence-corrected chi connectivity index (χ1v) is 9.18. The van der Waals surface area contributed by atoms with Crippen molar-refractivity contribution in [1.29, 1.82) is 5.26 Å². The standard InChI is InChI=1S/C23H17N5O2/c1-15-2-7-19(27-22(29)18-5-3-16(13-24)4-6-18)12-20(15)28-23-26-14-21(30-23)17-8-10-25-11-9-17/h2-12,14H,1H3,(H,26,28)(H,27,29). The zero-order valence-electron chi connectivity index (χ0n) is 16.1. The lowest BCUT2D eigenvalue weighted by Crippen LogP contribution is -2.12. The molecule has 7 nitrogen and oxygen atoms in total. The van der Waals surface area contributed by atoms with E-state index in [9.17, 15) is 4.79 Å². The van der Waals surface area contributed by atoms with Crippen LogP contribution in [0.1, 0.15) is 21.5 Å². The van der Waals surface area contributed by atoms with Crippen molar-refractivity contribution in [1.82, 2.24) is 9.97 Å². The minimum Gasteiger partial charge on any atom is -0.423 e. The molecule has 0 bridgehead atoms. The Labute approximate surface area is 173 Å². The summed E-state index contributed by atoms with van der Waals surface area (Å²) in [6.45, 7) is 1.95. The number of nitriles is 1. The number of carbonyl (C=O) groups is 1. The molecule has 4 aromatic rings. The smallest absolute Gasteiger partial charge is 0.299 e. The molecular formula is C23H17N5O2. The highest BCUT2D eigenvalue weighted by Gasteiger charge is 2.10. The van der Waals surface area contributed by atoms with Crippen molar-refractivity contribution in [3.63, 3.8) is 0 Å². The topological polar surface area (TPSA) is 104 Å². The predicted octanol–water partition coefficient (Wildman–Crippen LogP) is 4.91. The number of hydrogen-bond donors (Lipinski definition) is 2. The van der Waals surface area contributed by atoms with Gasteiger partial charge >= 0.3 is 0 Å². The largest absolute Gasteiger partial charge is 0.423 e. The normalized spacial score (nSPS) is 10.3. The third kappa shape index (κ3) is 4.18. The Bertz CT molecular complexity index is 1220. The van der Waals surface area contributed by atoms with Crippen LogP contribution in [0.25, 0.3) is 11.3 Å². The van der Waals surface area contributed by atoms with Crippen molar-refractivity contribution in [3.8, 4) is 17.4 Å². The lowest BCUT2D eigenvalue weighted by Gasteiger charge is -2.10. The molecule has 2 N–H and O–H groups in total. The van der Waals surface area contributed by atoms with Crippen LogP contribution in [0.3, 0.4) is 0 Å². The van der Waals surface area contributed by atoms with Gasteiger partial charge in [0.1, 0.15) is 0 Å². The second-order valence-electron chi connectivity index (χ2n) is 6.56. The minimum atomic E-state index is -0.259. The zero-order chi connectivity index (χ0) is 20.9. The lowest BCUT2D eigenvalue weighted by molar-refractivity contribution is 0.102. The first-order valence-electron chi connectivity index (χ1n) is 9.18. The Morgan fingerprint density at radius 2 is 1.83 bits per heavy atom. The molecule has 0 spiro atoms. The molecule has 7 heteroatoms. The van der Waals surface area contributed by atoms with Gasteiger partial charge in [-0.1, -0.05) is 6.07 Å². The van der Waals surface area contributed by atoms with Crippen LogP contribution in [0.15, 0.2) is 77.6 Å². The third-order valence-electron chi connectivity index (χ3n) is 4.48. The summed E-state index contributed by atoms with van der Waals surface area (Å²) in [6.07, 6.45) is 5.02. The van der Waals surface area contributed by atoms with Crippen molar-refractivity contribution < 1.29 is 9.21 Å². The van der Waals surface area contributed by atoms with Gasteiger partial charge in [0.15, 0.2) is 5.76 Å². The molecule has 0 aliphatic rings. The molecule has 0 aliphatic carbocycles. The molecule has 2 heterocycles. The van der Waals surface area contributed by atoms with Gasteiger partial charge in [0.25, 0.3) is 11.9 Å². The van der Waals surface area contributed by atoms with E-state index >= 15 is 0 Å². The monoisotopic (exact) mass is 395 g/mol. The molecule has 1 amide bonds.